The molecule has 1 fully saturated rings. The van der Waals surface area contributed by atoms with E-state index in [-0.39, 0.29) is 17.7 Å². The standard InChI is InChI=1S/C20H32N4O4S/c1-7-23(8-2)16(25)14-10-9-11-24(12-14)17(26)15-13(3)21-18(29-15)22-19(27)28-20(4,5)6/h14H,7-12H2,1-6H3,(H,21,22,27). The minimum atomic E-state index is -0.616. The van der Waals surface area contributed by atoms with Crippen LogP contribution in [-0.4, -0.2) is 64.5 Å². The van der Waals surface area contributed by atoms with Gasteiger partial charge in [-0.25, -0.2) is 9.78 Å². The number of ether oxygens (including phenoxy) is 1. The number of aryl methyl sites for hydroxylation is 1. The highest BCUT2D eigenvalue weighted by molar-refractivity contribution is 7.17. The normalized spacial score (nSPS) is 17.0. The summed E-state index contributed by atoms with van der Waals surface area (Å²) >= 11 is 1.13. The van der Waals surface area contributed by atoms with Gasteiger partial charge in [0.25, 0.3) is 5.91 Å². The van der Waals surface area contributed by atoms with E-state index in [1.54, 1.807) is 32.6 Å². The molecule has 0 saturated carbocycles. The molecule has 162 valence electrons. The Bertz CT molecular complexity index is 752. The number of nitrogens with one attached hydrogen (secondary N) is 1. The minimum Gasteiger partial charge on any atom is -0.444 e. The summed E-state index contributed by atoms with van der Waals surface area (Å²) in [6.45, 7) is 13.4. The van der Waals surface area contributed by atoms with Gasteiger partial charge in [0.1, 0.15) is 10.5 Å². The van der Waals surface area contributed by atoms with Crippen LogP contribution in [0.3, 0.4) is 0 Å². The summed E-state index contributed by atoms with van der Waals surface area (Å²) < 4.78 is 5.23. The lowest BCUT2D eigenvalue weighted by Gasteiger charge is -2.34. The molecule has 1 aliphatic heterocycles. The number of anilines is 1. The molecular formula is C20H32N4O4S. The van der Waals surface area contributed by atoms with Gasteiger partial charge < -0.3 is 14.5 Å². The van der Waals surface area contributed by atoms with Gasteiger partial charge in [0.05, 0.1) is 11.6 Å². The average molecular weight is 425 g/mol. The lowest BCUT2D eigenvalue weighted by Crippen LogP contribution is -2.46. The first-order valence-electron chi connectivity index (χ1n) is 10.1. The van der Waals surface area contributed by atoms with Crippen molar-refractivity contribution >= 4 is 34.4 Å². The van der Waals surface area contributed by atoms with Crippen molar-refractivity contribution in [1.82, 2.24) is 14.8 Å². The van der Waals surface area contributed by atoms with E-state index >= 15 is 0 Å². The average Bonchev–Trinajstić information content (AvgIpc) is 3.00. The van der Waals surface area contributed by atoms with Gasteiger partial charge in [-0.2, -0.15) is 0 Å². The van der Waals surface area contributed by atoms with Crippen molar-refractivity contribution in [3.8, 4) is 0 Å². The van der Waals surface area contributed by atoms with Crippen LogP contribution in [0.1, 0.15) is 62.8 Å². The van der Waals surface area contributed by atoms with Gasteiger partial charge in [-0.1, -0.05) is 11.3 Å². The van der Waals surface area contributed by atoms with Gasteiger partial charge in [-0.05, 0) is 54.4 Å². The Morgan fingerprint density at radius 2 is 1.93 bits per heavy atom. The summed E-state index contributed by atoms with van der Waals surface area (Å²) in [6.07, 6.45) is 0.990. The van der Waals surface area contributed by atoms with Crippen molar-refractivity contribution in [2.24, 2.45) is 5.92 Å². The van der Waals surface area contributed by atoms with Crippen LogP contribution in [0, 0.1) is 12.8 Å². The number of rotatable bonds is 5. The van der Waals surface area contributed by atoms with E-state index in [0.29, 0.717) is 41.9 Å². The SMILES string of the molecule is CCN(CC)C(=O)C1CCCN(C(=O)c2sc(NC(=O)OC(C)(C)C)nc2C)C1. The van der Waals surface area contributed by atoms with Gasteiger partial charge in [-0.15, -0.1) is 0 Å². The molecule has 1 aromatic rings. The molecule has 1 atom stereocenters. The second-order valence-electron chi connectivity index (χ2n) is 8.16. The number of hydrogen-bond acceptors (Lipinski definition) is 6. The molecule has 3 amide bonds. The first-order valence-corrected chi connectivity index (χ1v) is 10.9. The molecule has 2 heterocycles. The van der Waals surface area contributed by atoms with E-state index < -0.39 is 11.7 Å². The highest BCUT2D eigenvalue weighted by atomic mass is 32.1. The fourth-order valence-electron chi connectivity index (χ4n) is 3.34. The number of likely N-dealkylation sites (tertiary alicyclic amines) is 1. The second kappa shape index (κ2) is 9.56. The third-order valence-electron chi connectivity index (χ3n) is 4.73. The minimum absolute atomic E-state index is 0.112. The van der Waals surface area contributed by atoms with E-state index in [9.17, 15) is 14.4 Å². The molecule has 9 heteroatoms. The van der Waals surface area contributed by atoms with Crippen LogP contribution in [0.4, 0.5) is 9.93 Å². The number of aromatic nitrogens is 1. The van der Waals surface area contributed by atoms with Gasteiger partial charge in [0.15, 0.2) is 5.13 Å². The Morgan fingerprint density at radius 3 is 2.52 bits per heavy atom. The van der Waals surface area contributed by atoms with Crippen molar-refractivity contribution in [2.75, 3.05) is 31.5 Å². The molecule has 0 spiro atoms. The maximum absolute atomic E-state index is 13.1. The predicted octanol–water partition coefficient (Wildman–Crippen LogP) is 3.52. The first kappa shape index (κ1) is 23.1. The van der Waals surface area contributed by atoms with Crippen LogP contribution in [0.25, 0.3) is 0 Å². The summed E-state index contributed by atoms with van der Waals surface area (Å²) in [4.78, 5) is 46.0. The summed E-state index contributed by atoms with van der Waals surface area (Å²) in [6, 6.07) is 0. The molecule has 1 aliphatic rings. The van der Waals surface area contributed by atoms with Gasteiger partial charge in [0.2, 0.25) is 5.91 Å². The maximum Gasteiger partial charge on any atom is 0.413 e. The Hall–Kier alpha value is -2.16. The van der Waals surface area contributed by atoms with Crippen molar-refractivity contribution in [2.45, 2.75) is 60.0 Å². The first-order chi connectivity index (χ1) is 13.6. The molecule has 0 bridgehead atoms. The van der Waals surface area contributed by atoms with Crippen LogP contribution < -0.4 is 5.32 Å². The van der Waals surface area contributed by atoms with Crippen molar-refractivity contribution in [3.05, 3.63) is 10.6 Å². The fraction of sp³-hybridized carbons (Fsp3) is 0.700. The molecule has 2 rings (SSSR count). The van der Waals surface area contributed by atoms with Crippen LogP contribution in [0.2, 0.25) is 0 Å². The highest BCUT2D eigenvalue weighted by Crippen LogP contribution is 2.27. The Kier molecular flexibility index (Phi) is 7.62. The van der Waals surface area contributed by atoms with Crippen molar-refractivity contribution in [3.63, 3.8) is 0 Å². The number of nitrogens with zero attached hydrogens (tertiary/aromatic N) is 3. The number of piperidine rings is 1. The van der Waals surface area contributed by atoms with Crippen LogP contribution in [-0.2, 0) is 9.53 Å². The summed E-state index contributed by atoms with van der Waals surface area (Å²) in [5.74, 6) is -0.199. The lowest BCUT2D eigenvalue weighted by atomic mass is 9.96. The zero-order chi connectivity index (χ0) is 21.8. The van der Waals surface area contributed by atoms with Crippen molar-refractivity contribution in [1.29, 1.82) is 0 Å². The maximum atomic E-state index is 13.1. The molecule has 0 aromatic carbocycles. The highest BCUT2D eigenvalue weighted by Gasteiger charge is 2.32. The molecule has 0 aliphatic carbocycles. The molecule has 0 radical (unpaired) electrons. The summed E-state index contributed by atoms with van der Waals surface area (Å²) in [7, 11) is 0. The molecule has 8 nitrogen and oxygen atoms in total. The Morgan fingerprint density at radius 1 is 1.28 bits per heavy atom. The number of amides is 3. The van der Waals surface area contributed by atoms with E-state index in [4.69, 9.17) is 4.74 Å². The molecule has 1 saturated heterocycles. The van der Waals surface area contributed by atoms with Gasteiger partial charge in [-0.3, -0.25) is 14.9 Å². The second-order valence-corrected chi connectivity index (χ2v) is 9.16. The lowest BCUT2D eigenvalue weighted by molar-refractivity contribution is -0.136. The van der Waals surface area contributed by atoms with Gasteiger partial charge in [0, 0.05) is 26.2 Å². The quantitative estimate of drug-likeness (QED) is 0.781. The van der Waals surface area contributed by atoms with E-state index in [1.807, 2.05) is 18.7 Å². The smallest absolute Gasteiger partial charge is 0.413 e. The number of carbonyl (C=O) groups is 3. The van der Waals surface area contributed by atoms with E-state index in [0.717, 1.165) is 24.2 Å². The zero-order valence-electron chi connectivity index (χ0n) is 18.2. The monoisotopic (exact) mass is 424 g/mol. The fourth-order valence-corrected chi connectivity index (χ4v) is 4.26. The Labute approximate surface area is 176 Å². The number of hydrogen-bond donors (Lipinski definition) is 1. The van der Waals surface area contributed by atoms with Crippen LogP contribution >= 0.6 is 11.3 Å². The van der Waals surface area contributed by atoms with Crippen LogP contribution in [0.5, 0.6) is 0 Å². The summed E-state index contributed by atoms with van der Waals surface area (Å²) in [5, 5.41) is 2.92. The third kappa shape index (κ3) is 6.16. The van der Waals surface area contributed by atoms with Gasteiger partial charge >= 0.3 is 6.09 Å². The molecule has 1 N–H and O–H groups in total. The van der Waals surface area contributed by atoms with Crippen molar-refractivity contribution < 1.29 is 19.1 Å². The summed E-state index contributed by atoms with van der Waals surface area (Å²) in [5.41, 5.74) is -0.0573. The van der Waals surface area contributed by atoms with E-state index in [2.05, 4.69) is 10.3 Å². The van der Waals surface area contributed by atoms with E-state index in [1.165, 1.54) is 0 Å². The molecule has 1 unspecified atom stereocenters. The molecule has 29 heavy (non-hydrogen) atoms. The Balaban J connectivity index is 2.07. The zero-order valence-corrected chi connectivity index (χ0v) is 19.0. The number of thiazole rings is 1. The largest absolute Gasteiger partial charge is 0.444 e. The molecule has 1 aromatic heterocycles. The molecular weight excluding hydrogens is 392 g/mol. The predicted molar refractivity (Wildman–Crippen MR) is 113 cm³/mol. The third-order valence-corrected chi connectivity index (χ3v) is 5.79. The number of carbonyl (C=O) groups excluding carboxylic acids is 3. The van der Waals surface area contributed by atoms with Crippen LogP contribution in [0.15, 0.2) is 0 Å². The topological polar surface area (TPSA) is 91.8 Å².